The number of nitriles is 1. The highest BCUT2D eigenvalue weighted by molar-refractivity contribution is 6.31. The first kappa shape index (κ1) is 24.3. The summed E-state index contributed by atoms with van der Waals surface area (Å²) in [6.45, 7) is 0. The Morgan fingerprint density at radius 3 is 1.88 bits per heavy atom. The second-order valence-electron chi connectivity index (χ2n) is 6.24. The highest BCUT2D eigenvalue weighted by Crippen LogP contribution is 2.34. The third kappa shape index (κ3) is 5.18. The molecule has 0 aliphatic carbocycles. The van der Waals surface area contributed by atoms with Gasteiger partial charge in [0.2, 0.25) is 0 Å². The van der Waals surface area contributed by atoms with Crippen LogP contribution in [-0.4, -0.2) is 40.7 Å². The molecule has 0 N–H and O–H groups in total. The molecule has 0 atom stereocenters. The molecule has 2 rings (SSSR count). The zero-order chi connectivity index (χ0) is 24.2. The fourth-order valence-electron chi connectivity index (χ4n) is 2.48. The topological polar surface area (TPSA) is 157 Å². The van der Waals surface area contributed by atoms with Crippen molar-refractivity contribution in [1.82, 2.24) is 4.90 Å². The van der Waals surface area contributed by atoms with E-state index in [0.29, 0.717) is 0 Å². The minimum absolute atomic E-state index is 0.0298. The van der Waals surface area contributed by atoms with Gasteiger partial charge in [-0.1, -0.05) is 23.2 Å². The number of carbonyl (C=O) groups excluding carboxylic acids is 2. The van der Waals surface area contributed by atoms with Crippen LogP contribution in [-0.2, 0) is 9.53 Å². The number of rotatable bonds is 6. The van der Waals surface area contributed by atoms with Crippen LogP contribution in [0, 0.1) is 31.6 Å². The van der Waals surface area contributed by atoms with Crippen LogP contribution in [0.5, 0.6) is 0 Å². The van der Waals surface area contributed by atoms with Crippen LogP contribution in [0.3, 0.4) is 0 Å². The van der Waals surface area contributed by atoms with Crippen LogP contribution >= 0.6 is 23.2 Å². The van der Waals surface area contributed by atoms with Crippen LogP contribution < -0.4 is 0 Å². The number of hydrogen-bond donors (Lipinski definition) is 0. The minimum Gasteiger partial charge on any atom is -0.420 e. The maximum Gasteiger partial charge on any atom is 0.350 e. The Morgan fingerprint density at radius 1 is 0.969 bits per heavy atom. The lowest BCUT2D eigenvalue weighted by Gasteiger charge is -2.15. The van der Waals surface area contributed by atoms with Gasteiger partial charge in [-0.2, -0.15) is 5.26 Å². The number of halogens is 2. The fraction of sp³-hybridized carbons (Fsp3) is 0.105. The smallest absolute Gasteiger partial charge is 0.350 e. The van der Waals surface area contributed by atoms with Crippen molar-refractivity contribution in [2.24, 2.45) is 0 Å². The molecule has 0 heterocycles. The molecular weight excluding hydrogens is 467 g/mol. The van der Waals surface area contributed by atoms with Crippen LogP contribution in [0.4, 0.5) is 11.4 Å². The van der Waals surface area contributed by atoms with Gasteiger partial charge in [-0.15, -0.1) is 0 Å². The molecule has 1 amide bonds. The van der Waals surface area contributed by atoms with E-state index in [0.717, 1.165) is 29.2 Å². The summed E-state index contributed by atoms with van der Waals surface area (Å²) in [5.74, 6) is -3.03. The van der Waals surface area contributed by atoms with E-state index >= 15 is 0 Å². The van der Waals surface area contributed by atoms with Gasteiger partial charge in [0.25, 0.3) is 17.3 Å². The summed E-state index contributed by atoms with van der Waals surface area (Å²) in [5, 5.41) is 32.3. The highest BCUT2D eigenvalue weighted by Gasteiger charge is 2.31. The van der Waals surface area contributed by atoms with Crippen LogP contribution in [0.25, 0.3) is 5.76 Å². The van der Waals surface area contributed by atoms with Crippen molar-refractivity contribution < 1.29 is 24.2 Å². The second kappa shape index (κ2) is 9.86. The van der Waals surface area contributed by atoms with Crippen molar-refractivity contribution >= 4 is 52.2 Å². The molecule has 0 bridgehead atoms. The molecule has 164 valence electrons. The number of amides is 1. The van der Waals surface area contributed by atoms with E-state index in [4.69, 9.17) is 27.9 Å². The number of carbonyl (C=O) groups is 2. The Labute approximate surface area is 190 Å². The number of benzene rings is 2. The quantitative estimate of drug-likeness (QED) is 0.150. The van der Waals surface area contributed by atoms with Gasteiger partial charge in [-0.3, -0.25) is 25.0 Å². The first-order valence-corrected chi connectivity index (χ1v) is 9.20. The summed E-state index contributed by atoms with van der Waals surface area (Å²) >= 11 is 11.5. The van der Waals surface area contributed by atoms with E-state index in [1.807, 2.05) is 0 Å². The first-order chi connectivity index (χ1) is 15.0. The standard InChI is InChI=1S/C19H12Cl2N4O7/c1-23(2)18(26)14(9-22)17(12-5-3-10(20)7-15(12)24(28)29)32-19(27)13-6-4-11(21)8-16(13)25(30)31/h3-8H,1-2H3/b17-14-. The van der Waals surface area contributed by atoms with Crippen molar-refractivity contribution in [3.63, 3.8) is 0 Å². The monoisotopic (exact) mass is 478 g/mol. The average molecular weight is 479 g/mol. The van der Waals surface area contributed by atoms with E-state index < -0.39 is 55.6 Å². The Kier molecular flexibility index (Phi) is 7.48. The van der Waals surface area contributed by atoms with Crippen molar-refractivity contribution in [2.75, 3.05) is 14.1 Å². The van der Waals surface area contributed by atoms with Gasteiger partial charge in [-0.25, -0.2) is 4.79 Å². The van der Waals surface area contributed by atoms with Gasteiger partial charge < -0.3 is 9.64 Å². The van der Waals surface area contributed by atoms with Gasteiger partial charge in [-0.05, 0) is 24.3 Å². The van der Waals surface area contributed by atoms with Gasteiger partial charge in [0.1, 0.15) is 11.6 Å². The number of hydrogen-bond acceptors (Lipinski definition) is 8. The molecule has 0 aromatic heterocycles. The van der Waals surface area contributed by atoms with E-state index in [-0.39, 0.29) is 10.0 Å². The number of nitro benzene ring substituents is 2. The summed E-state index contributed by atoms with van der Waals surface area (Å²) in [7, 11) is 2.61. The number of nitrogens with zero attached hydrogens (tertiary/aromatic N) is 4. The van der Waals surface area contributed by atoms with E-state index in [1.165, 1.54) is 26.2 Å². The maximum atomic E-state index is 12.8. The molecule has 0 unspecified atom stereocenters. The predicted molar refractivity (Wildman–Crippen MR) is 113 cm³/mol. The van der Waals surface area contributed by atoms with Crippen LogP contribution in [0.2, 0.25) is 10.0 Å². The van der Waals surface area contributed by atoms with Crippen molar-refractivity contribution in [1.29, 1.82) is 5.26 Å². The summed E-state index contributed by atoms with van der Waals surface area (Å²) in [4.78, 5) is 47.4. The fourth-order valence-corrected chi connectivity index (χ4v) is 2.82. The third-order valence-corrected chi connectivity index (χ3v) is 4.40. The lowest BCUT2D eigenvalue weighted by atomic mass is 10.1. The van der Waals surface area contributed by atoms with E-state index in [1.54, 1.807) is 6.07 Å². The molecule has 0 saturated carbocycles. The molecule has 13 heteroatoms. The van der Waals surface area contributed by atoms with Crippen LogP contribution in [0.1, 0.15) is 15.9 Å². The molecule has 0 spiro atoms. The number of likely N-dealkylation sites (N-methyl/N-ethyl adjacent to an activating group) is 1. The second-order valence-corrected chi connectivity index (χ2v) is 7.12. The Bertz CT molecular complexity index is 1220. The Balaban J connectivity index is 2.77. The molecule has 0 aliphatic heterocycles. The average Bonchev–Trinajstić information content (AvgIpc) is 2.72. The normalized spacial score (nSPS) is 11.1. The third-order valence-electron chi connectivity index (χ3n) is 3.93. The Morgan fingerprint density at radius 2 is 1.44 bits per heavy atom. The van der Waals surface area contributed by atoms with Gasteiger partial charge in [0.15, 0.2) is 11.3 Å². The zero-order valence-corrected chi connectivity index (χ0v) is 17.9. The molecule has 2 aromatic carbocycles. The van der Waals surface area contributed by atoms with Gasteiger partial charge in [0, 0.05) is 36.3 Å². The van der Waals surface area contributed by atoms with Crippen molar-refractivity contribution in [3.8, 4) is 6.07 Å². The number of ether oxygens (including phenoxy) is 1. The maximum absolute atomic E-state index is 12.8. The first-order valence-electron chi connectivity index (χ1n) is 8.44. The molecule has 0 radical (unpaired) electrons. The van der Waals surface area contributed by atoms with E-state index in [2.05, 4.69) is 0 Å². The van der Waals surface area contributed by atoms with Crippen molar-refractivity contribution in [3.05, 3.63) is 83.4 Å². The van der Waals surface area contributed by atoms with Gasteiger partial charge >= 0.3 is 5.97 Å². The lowest BCUT2D eigenvalue weighted by Crippen LogP contribution is -2.25. The molecule has 0 fully saturated rings. The molecule has 32 heavy (non-hydrogen) atoms. The Hall–Kier alpha value is -4.01. The highest BCUT2D eigenvalue weighted by atomic mass is 35.5. The largest absolute Gasteiger partial charge is 0.420 e. The van der Waals surface area contributed by atoms with E-state index in [9.17, 15) is 35.1 Å². The van der Waals surface area contributed by atoms with Crippen LogP contribution in [0.15, 0.2) is 42.0 Å². The molecule has 11 nitrogen and oxygen atoms in total. The molecule has 0 saturated heterocycles. The lowest BCUT2D eigenvalue weighted by molar-refractivity contribution is -0.385. The number of esters is 1. The summed E-state index contributed by atoms with van der Waals surface area (Å²) in [5.41, 5.74) is -3.07. The molecule has 2 aromatic rings. The summed E-state index contributed by atoms with van der Waals surface area (Å²) in [6, 6.07) is 7.91. The number of nitro groups is 2. The summed E-state index contributed by atoms with van der Waals surface area (Å²) < 4.78 is 5.18. The predicted octanol–water partition coefficient (Wildman–Crippen LogP) is 3.99. The summed E-state index contributed by atoms with van der Waals surface area (Å²) in [6.07, 6.45) is 0. The minimum atomic E-state index is -1.34. The molecular formula is C19H12Cl2N4O7. The zero-order valence-electron chi connectivity index (χ0n) is 16.4. The van der Waals surface area contributed by atoms with Gasteiger partial charge in [0.05, 0.1) is 15.4 Å². The van der Waals surface area contributed by atoms with Crippen molar-refractivity contribution in [2.45, 2.75) is 0 Å². The SMILES string of the molecule is CN(C)C(=O)/C(C#N)=C(\OC(=O)c1ccc(Cl)cc1[N+](=O)[O-])c1ccc(Cl)cc1[N+](=O)[O-]. The molecule has 0 aliphatic rings.